The summed E-state index contributed by atoms with van der Waals surface area (Å²) >= 11 is 1.12. The summed E-state index contributed by atoms with van der Waals surface area (Å²) in [6.07, 6.45) is 1.41. The van der Waals surface area contributed by atoms with Gasteiger partial charge in [0.15, 0.2) is 0 Å². The van der Waals surface area contributed by atoms with Gasteiger partial charge < -0.3 is 9.80 Å². The molecule has 0 radical (unpaired) electrons. The van der Waals surface area contributed by atoms with Crippen LogP contribution >= 0.6 is 11.3 Å². The molecule has 1 aromatic carbocycles. The third-order valence-electron chi connectivity index (χ3n) is 11.5. The van der Waals surface area contributed by atoms with Crippen LogP contribution in [0.2, 0.25) is 0 Å². The van der Waals surface area contributed by atoms with Crippen molar-refractivity contribution in [3.05, 3.63) is 45.6 Å². The van der Waals surface area contributed by atoms with Crippen molar-refractivity contribution in [2.45, 2.75) is 89.4 Å². The van der Waals surface area contributed by atoms with E-state index in [1.165, 1.54) is 22.4 Å². The minimum absolute atomic E-state index is 0.125. The van der Waals surface area contributed by atoms with Gasteiger partial charge in [0.1, 0.15) is 22.5 Å². The fraction of sp³-hybridized carbons (Fsp3) is 0.639. The summed E-state index contributed by atoms with van der Waals surface area (Å²) in [4.78, 5) is 19.7. The van der Waals surface area contributed by atoms with E-state index in [1.54, 1.807) is 6.07 Å². The van der Waals surface area contributed by atoms with E-state index in [0.29, 0.717) is 21.9 Å². The van der Waals surface area contributed by atoms with Crippen molar-refractivity contribution in [2.75, 3.05) is 61.9 Å². The van der Waals surface area contributed by atoms with Gasteiger partial charge in [-0.2, -0.15) is 18.4 Å². The molecule has 6 heterocycles. The predicted octanol–water partition coefficient (Wildman–Crippen LogP) is 6.00. The molecule has 3 aromatic rings. The number of benzene rings is 1. The maximum Gasteiger partial charge on any atom is 0.393 e. The number of fused-ring (bicyclic) bond motifs is 2. The standard InChI is InChI=1S/C36H46F3N7OS2/c1-23(44-11-7-29(8-12-44)49(4)47)19-46-27(18-40)15-30-24(2)26(5-6-32(30)46)20-43-13-9-35(21-43)10-14-45(22-35)33-31-16-28(17-36(37,38)39)48-34(31)42-25(3)41-33/h5-6,16,23,27,29H,7-15,17,19-22H2,1-4H3. The van der Waals surface area contributed by atoms with Crippen molar-refractivity contribution < 1.29 is 17.4 Å². The topological polar surface area (TPSA) is 79.6 Å². The molecule has 0 amide bonds. The third kappa shape index (κ3) is 7.08. The number of halogens is 3. The van der Waals surface area contributed by atoms with E-state index in [4.69, 9.17) is 4.98 Å². The molecule has 8 nitrogen and oxygen atoms in total. The van der Waals surface area contributed by atoms with Crippen molar-refractivity contribution >= 4 is 43.9 Å². The first kappa shape index (κ1) is 34.6. The highest BCUT2D eigenvalue weighted by atomic mass is 32.2. The minimum Gasteiger partial charge on any atom is -0.355 e. The lowest BCUT2D eigenvalue weighted by Gasteiger charge is -2.38. The first-order valence-electron chi connectivity index (χ1n) is 17.5. The molecule has 0 N–H and O–H groups in total. The Bertz CT molecular complexity index is 1780. The Balaban J connectivity index is 1.01. The fourth-order valence-electron chi connectivity index (χ4n) is 8.79. The van der Waals surface area contributed by atoms with Crippen LogP contribution in [0.5, 0.6) is 0 Å². The maximum atomic E-state index is 13.2. The molecule has 2 aromatic heterocycles. The lowest BCUT2D eigenvalue weighted by atomic mass is 9.86. The van der Waals surface area contributed by atoms with Crippen LogP contribution in [0.4, 0.5) is 24.7 Å². The van der Waals surface area contributed by atoms with E-state index in [9.17, 15) is 22.6 Å². The molecule has 7 rings (SSSR count). The second-order valence-corrected chi connectivity index (χ2v) is 17.7. The quantitative estimate of drug-likeness (QED) is 0.282. The van der Waals surface area contributed by atoms with Gasteiger partial charge in [-0.25, -0.2) is 9.97 Å². The summed E-state index contributed by atoms with van der Waals surface area (Å²) in [5.74, 6) is 1.36. The number of hydrogen-bond acceptors (Lipinski definition) is 9. The number of nitrogens with zero attached hydrogens (tertiary/aromatic N) is 7. The van der Waals surface area contributed by atoms with Crippen LogP contribution in [0, 0.1) is 30.6 Å². The molecule has 4 atom stereocenters. The van der Waals surface area contributed by atoms with Crippen LogP contribution in [0.15, 0.2) is 18.2 Å². The molecule has 4 aliphatic heterocycles. The Morgan fingerprint density at radius 1 is 1.12 bits per heavy atom. The average molecular weight is 714 g/mol. The molecule has 0 saturated carbocycles. The van der Waals surface area contributed by atoms with Crippen molar-refractivity contribution in [1.82, 2.24) is 19.8 Å². The highest BCUT2D eigenvalue weighted by Crippen LogP contribution is 2.44. The largest absolute Gasteiger partial charge is 0.393 e. The second-order valence-electron chi connectivity index (χ2n) is 14.9. The smallest absolute Gasteiger partial charge is 0.355 e. The molecule has 13 heteroatoms. The summed E-state index contributed by atoms with van der Waals surface area (Å²) in [6.45, 7) is 13.5. The number of piperidine rings is 1. The molecule has 264 valence electrons. The number of thiophene rings is 1. The molecule has 0 bridgehead atoms. The zero-order valence-electron chi connectivity index (χ0n) is 28.9. The van der Waals surface area contributed by atoms with E-state index in [0.717, 1.165) is 107 Å². The molecule has 3 saturated heterocycles. The third-order valence-corrected chi connectivity index (χ3v) is 13.9. The minimum atomic E-state index is -4.25. The second kappa shape index (κ2) is 13.4. The Morgan fingerprint density at radius 2 is 1.88 bits per heavy atom. The summed E-state index contributed by atoms with van der Waals surface area (Å²) in [7, 11) is -0.767. The highest BCUT2D eigenvalue weighted by Gasteiger charge is 2.44. The van der Waals surface area contributed by atoms with Gasteiger partial charge in [0.05, 0.1) is 17.9 Å². The number of likely N-dealkylation sites (tertiary alicyclic amines) is 2. The SMILES string of the molecule is Cc1nc(N2CCC3(CCN(Cc4ccc5c(c4C)CC(C#N)N5CC(C)N4CCC(S(C)=O)CC4)C3)C2)c2cc(CC(F)(F)F)sc2n1. The van der Waals surface area contributed by atoms with Crippen molar-refractivity contribution in [3.63, 3.8) is 0 Å². The molecule has 0 aliphatic carbocycles. The number of aryl methyl sites for hydroxylation is 1. The van der Waals surface area contributed by atoms with E-state index in [-0.39, 0.29) is 16.3 Å². The van der Waals surface area contributed by atoms with Gasteiger partial charge in [0, 0.05) is 83.5 Å². The number of anilines is 2. The summed E-state index contributed by atoms with van der Waals surface area (Å²) in [5.41, 5.74) is 5.21. The zero-order chi connectivity index (χ0) is 34.7. The number of nitriles is 1. The zero-order valence-corrected chi connectivity index (χ0v) is 30.5. The normalized spacial score (nSPS) is 25.1. The summed E-state index contributed by atoms with van der Waals surface area (Å²) < 4.78 is 51.4. The molecular weight excluding hydrogens is 668 g/mol. The predicted molar refractivity (Wildman–Crippen MR) is 191 cm³/mol. The van der Waals surface area contributed by atoms with Crippen molar-refractivity contribution in [1.29, 1.82) is 5.26 Å². The lowest BCUT2D eigenvalue weighted by Crippen LogP contribution is -2.48. The van der Waals surface area contributed by atoms with Gasteiger partial charge in [-0.1, -0.05) is 6.07 Å². The number of hydrogen-bond donors (Lipinski definition) is 0. The van der Waals surface area contributed by atoms with Crippen molar-refractivity contribution in [2.24, 2.45) is 5.41 Å². The van der Waals surface area contributed by atoms with Gasteiger partial charge in [0.2, 0.25) is 0 Å². The monoisotopic (exact) mass is 713 g/mol. The molecule has 1 spiro atoms. The van der Waals surface area contributed by atoms with Crippen molar-refractivity contribution in [3.8, 4) is 6.07 Å². The Kier molecular flexibility index (Phi) is 9.47. The Morgan fingerprint density at radius 3 is 2.59 bits per heavy atom. The Labute approximate surface area is 293 Å². The highest BCUT2D eigenvalue weighted by molar-refractivity contribution is 7.84. The van der Waals surface area contributed by atoms with Crippen LogP contribution in [-0.2, 0) is 30.2 Å². The van der Waals surface area contributed by atoms with Gasteiger partial charge in [-0.3, -0.25) is 14.0 Å². The van der Waals surface area contributed by atoms with E-state index in [2.05, 4.69) is 56.6 Å². The molecule has 4 aliphatic rings. The lowest BCUT2D eigenvalue weighted by molar-refractivity contribution is -0.126. The van der Waals surface area contributed by atoms with E-state index < -0.39 is 23.4 Å². The maximum absolute atomic E-state index is 13.2. The van der Waals surface area contributed by atoms with Crippen LogP contribution < -0.4 is 9.80 Å². The van der Waals surface area contributed by atoms with Gasteiger partial charge in [0.25, 0.3) is 0 Å². The number of aromatic nitrogens is 2. The van der Waals surface area contributed by atoms with E-state index in [1.807, 2.05) is 13.2 Å². The summed E-state index contributed by atoms with van der Waals surface area (Å²) in [6, 6.07) is 8.85. The molecule has 3 fully saturated rings. The molecule has 49 heavy (non-hydrogen) atoms. The number of alkyl halides is 3. The van der Waals surface area contributed by atoms with E-state index >= 15 is 0 Å². The Hall–Kier alpha value is -2.79. The van der Waals surface area contributed by atoms with Crippen LogP contribution in [0.25, 0.3) is 10.2 Å². The number of rotatable bonds is 8. The molecule has 4 unspecified atom stereocenters. The van der Waals surface area contributed by atoms with Crippen LogP contribution in [-0.4, -0.2) is 99.6 Å². The van der Waals surface area contributed by atoms with Gasteiger partial charge in [-0.05, 0) is 94.9 Å². The first-order chi connectivity index (χ1) is 23.3. The van der Waals surface area contributed by atoms with Crippen LogP contribution in [0.3, 0.4) is 0 Å². The average Bonchev–Trinajstić information content (AvgIpc) is 3.83. The van der Waals surface area contributed by atoms with Crippen LogP contribution in [0.1, 0.15) is 60.0 Å². The molecular formula is C36H46F3N7OS2. The van der Waals surface area contributed by atoms with Gasteiger partial charge in [-0.15, -0.1) is 11.3 Å². The van der Waals surface area contributed by atoms with Gasteiger partial charge >= 0.3 is 6.18 Å². The fourth-order valence-corrected chi connectivity index (χ4v) is 10.8. The first-order valence-corrected chi connectivity index (χ1v) is 19.9. The summed E-state index contributed by atoms with van der Waals surface area (Å²) in [5, 5.41) is 11.2.